The van der Waals surface area contributed by atoms with Gasteiger partial charge in [0.1, 0.15) is 0 Å². The molecule has 1 atom stereocenters. The van der Waals surface area contributed by atoms with E-state index in [0.717, 1.165) is 31.1 Å². The predicted octanol–water partition coefficient (Wildman–Crippen LogP) is 1.97. The Kier molecular flexibility index (Phi) is 4.10. The van der Waals surface area contributed by atoms with Gasteiger partial charge in [-0.1, -0.05) is 0 Å². The number of hydrogen-bond acceptors (Lipinski definition) is 5. The molecular formula is C16H21N5. The Morgan fingerprint density at radius 2 is 1.95 bits per heavy atom. The van der Waals surface area contributed by atoms with Gasteiger partial charge in [-0.05, 0) is 43.7 Å². The molecule has 0 spiro atoms. The molecule has 2 aromatic rings. The fourth-order valence-corrected chi connectivity index (χ4v) is 2.56. The van der Waals surface area contributed by atoms with Crippen molar-refractivity contribution in [2.75, 3.05) is 24.5 Å². The van der Waals surface area contributed by atoms with Gasteiger partial charge in [0.05, 0.1) is 5.69 Å². The second-order valence-electron chi connectivity index (χ2n) is 5.71. The molecule has 1 unspecified atom stereocenters. The zero-order chi connectivity index (χ0) is 14.7. The third-order valence-corrected chi connectivity index (χ3v) is 3.98. The lowest BCUT2D eigenvalue weighted by atomic mass is 9.99. The van der Waals surface area contributed by atoms with Crippen LogP contribution in [0.25, 0.3) is 0 Å². The fourth-order valence-electron chi connectivity index (χ4n) is 2.56. The first-order chi connectivity index (χ1) is 10.2. The minimum atomic E-state index is 0.362. The number of hydrogen-bond donors (Lipinski definition) is 1. The minimum Gasteiger partial charge on any atom is -0.354 e. The lowest BCUT2D eigenvalue weighted by Crippen LogP contribution is -2.51. The minimum absolute atomic E-state index is 0.362. The van der Waals surface area contributed by atoms with Crippen molar-refractivity contribution in [3.63, 3.8) is 0 Å². The summed E-state index contributed by atoms with van der Waals surface area (Å²) in [5.41, 5.74) is 2.24. The van der Waals surface area contributed by atoms with E-state index in [0.29, 0.717) is 12.0 Å². The largest absolute Gasteiger partial charge is 0.354 e. The third kappa shape index (κ3) is 3.36. The fraction of sp³-hybridized carbons (Fsp3) is 0.438. The summed E-state index contributed by atoms with van der Waals surface area (Å²) in [6.07, 6.45) is 3.68. The normalized spacial score (nSPS) is 16.6. The van der Waals surface area contributed by atoms with Gasteiger partial charge in [0.25, 0.3) is 0 Å². The Morgan fingerprint density at radius 3 is 2.62 bits per heavy atom. The van der Waals surface area contributed by atoms with Crippen molar-refractivity contribution in [1.29, 1.82) is 0 Å². The van der Waals surface area contributed by atoms with Gasteiger partial charge in [-0.2, -0.15) is 5.10 Å². The van der Waals surface area contributed by atoms with Crippen LogP contribution in [0, 0.1) is 12.8 Å². The molecule has 0 radical (unpaired) electrons. The zero-order valence-corrected chi connectivity index (χ0v) is 12.5. The molecule has 21 heavy (non-hydrogen) atoms. The Labute approximate surface area is 125 Å². The number of nitrogens with one attached hydrogen (secondary N) is 1. The van der Waals surface area contributed by atoms with Gasteiger partial charge in [0.2, 0.25) is 0 Å². The monoisotopic (exact) mass is 283 g/mol. The highest BCUT2D eigenvalue weighted by Crippen LogP contribution is 2.22. The van der Waals surface area contributed by atoms with Gasteiger partial charge in [-0.25, -0.2) is 0 Å². The SMILES string of the molecule is Cc1ccc(N2CC(CNC(C)c3ccncc3)C2)nn1. The van der Waals surface area contributed by atoms with Crippen LogP contribution in [0.2, 0.25) is 0 Å². The first kappa shape index (κ1) is 13.9. The molecular weight excluding hydrogens is 262 g/mol. The summed E-state index contributed by atoms with van der Waals surface area (Å²) in [6, 6.07) is 8.55. The van der Waals surface area contributed by atoms with Crippen molar-refractivity contribution < 1.29 is 0 Å². The van der Waals surface area contributed by atoms with E-state index in [4.69, 9.17) is 0 Å². The lowest BCUT2D eigenvalue weighted by Gasteiger charge is -2.40. The van der Waals surface area contributed by atoms with Crippen molar-refractivity contribution in [2.45, 2.75) is 19.9 Å². The van der Waals surface area contributed by atoms with Crippen molar-refractivity contribution >= 4 is 5.82 Å². The van der Waals surface area contributed by atoms with Crippen LogP contribution in [0.3, 0.4) is 0 Å². The summed E-state index contributed by atoms with van der Waals surface area (Å²) >= 11 is 0. The van der Waals surface area contributed by atoms with E-state index in [9.17, 15) is 0 Å². The topological polar surface area (TPSA) is 53.9 Å². The number of aromatic nitrogens is 3. The maximum absolute atomic E-state index is 4.23. The molecule has 1 aliphatic heterocycles. The maximum atomic E-state index is 4.23. The zero-order valence-electron chi connectivity index (χ0n) is 12.5. The van der Waals surface area contributed by atoms with E-state index < -0.39 is 0 Å². The summed E-state index contributed by atoms with van der Waals surface area (Å²) in [6.45, 7) is 7.28. The van der Waals surface area contributed by atoms with Crippen molar-refractivity contribution in [3.05, 3.63) is 47.9 Å². The van der Waals surface area contributed by atoms with E-state index in [1.807, 2.05) is 31.5 Å². The molecule has 1 N–H and O–H groups in total. The summed E-state index contributed by atoms with van der Waals surface area (Å²) in [5.74, 6) is 1.66. The van der Waals surface area contributed by atoms with Crippen LogP contribution in [0.4, 0.5) is 5.82 Å². The molecule has 1 saturated heterocycles. The van der Waals surface area contributed by atoms with Gasteiger partial charge in [-0.15, -0.1) is 5.10 Å². The predicted molar refractivity (Wildman–Crippen MR) is 83.1 cm³/mol. The maximum Gasteiger partial charge on any atom is 0.151 e. The van der Waals surface area contributed by atoms with Gasteiger partial charge < -0.3 is 10.2 Å². The first-order valence-corrected chi connectivity index (χ1v) is 7.41. The molecule has 3 rings (SSSR count). The summed E-state index contributed by atoms with van der Waals surface area (Å²) in [7, 11) is 0. The van der Waals surface area contributed by atoms with E-state index >= 15 is 0 Å². The van der Waals surface area contributed by atoms with Gasteiger partial charge in [0, 0.05) is 44.0 Å². The van der Waals surface area contributed by atoms with Crippen molar-refractivity contribution in [1.82, 2.24) is 20.5 Å². The molecule has 3 heterocycles. The molecule has 1 aliphatic rings. The van der Waals surface area contributed by atoms with E-state index in [-0.39, 0.29) is 0 Å². The highest BCUT2D eigenvalue weighted by molar-refractivity contribution is 5.40. The second-order valence-corrected chi connectivity index (χ2v) is 5.71. The molecule has 0 bridgehead atoms. The Balaban J connectivity index is 1.44. The molecule has 5 heteroatoms. The number of nitrogens with zero attached hydrogens (tertiary/aromatic N) is 4. The number of pyridine rings is 1. The highest BCUT2D eigenvalue weighted by Gasteiger charge is 2.27. The molecule has 0 amide bonds. The molecule has 2 aromatic heterocycles. The van der Waals surface area contributed by atoms with Crippen LogP contribution in [-0.2, 0) is 0 Å². The standard InChI is InChI=1S/C16H21N5/c1-12-3-4-16(20-19-12)21-10-14(11-21)9-18-13(2)15-5-7-17-8-6-15/h3-8,13-14,18H,9-11H2,1-2H3. The van der Waals surface area contributed by atoms with Crippen LogP contribution < -0.4 is 10.2 Å². The molecule has 0 aliphatic carbocycles. The average molecular weight is 283 g/mol. The molecule has 0 saturated carbocycles. The molecule has 5 nitrogen and oxygen atoms in total. The van der Waals surface area contributed by atoms with E-state index in [2.05, 4.69) is 44.5 Å². The lowest BCUT2D eigenvalue weighted by molar-refractivity contribution is 0.366. The van der Waals surface area contributed by atoms with Crippen molar-refractivity contribution in [3.8, 4) is 0 Å². The molecule has 110 valence electrons. The molecule has 0 aromatic carbocycles. The van der Waals surface area contributed by atoms with Crippen LogP contribution >= 0.6 is 0 Å². The third-order valence-electron chi connectivity index (χ3n) is 3.98. The summed E-state index contributed by atoms with van der Waals surface area (Å²) in [4.78, 5) is 6.33. The van der Waals surface area contributed by atoms with E-state index in [1.165, 1.54) is 5.56 Å². The van der Waals surface area contributed by atoms with Crippen LogP contribution in [0.15, 0.2) is 36.7 Å². The number of aryl methyl sites for hydroxylation is 1. The van der Waals surface area contributed by atoms with Gasteiger partial charge in [-0.3, -0.25) is 4.98 Å². The second kappa shape index (κ2) is 6.18. The molecule has 1 fully saturated rings. The summed E-state index contributed by atoms with van der Waals surface area (Å²) < 4.78 is 0. The first-order valence-electron chi connectivity index (χ1n) is 7.41. The van der Waals surface area contributed by atoms with E-state index in [1.54, 1.807) is 0 Å². The van der Waals surface area contributed by atoms with Gasteiger partial charge >= 0.3 is 0 Å². The quantitative estimate of drug-likeness (QED) is 0.909. The Bertz CT molecular complexity index is 563. The van der Waals surface area contributed by atoms with Crippen LogP contribution in [-0.4, -0.2) is 34.8 Å². The Hall–Kier alpha value is -2.01. The summed E-state index contributed by atoms with van der Waals surface area (Å²) in [5, 5.41) is 11.9. The number of anilines is 1. The highest BCUT2D eigenvalue weighted by atomic mass is 15.3. The smallest absolute Gasteiger partial charge is 0.151 e. The van der Waals surface area contributed by atoms with Crippen molar-refractivity contribution in [2.24, 2.45) is 5.92 Å². The number of rotatable bonds is 5. The van der Waals surface area contributed by atoms with Crippen LogP contribution in [0.5, 0.6) is 0 Å². The Morgan fingerprint density at radius 1 is 1.19 bits per heavy atom. The van der Waals surface area contributed by atoms with Gasteiger partial charge in [0.15, 0.2) is 5.82 Å². The average Bonchev–Trinajstić information content (AvgIpc) is 2.48. The van der Waals surface area contributed by atoms with Crippen LogP contribution in [0.1, 0.15) is 24.2 Å².